The molecule has 0 fully saturated rings. The van der Waals surface area contributed by atoms with Gasteiger partial charge in [-0.05, 0) is 89.6 Å². The molecule has 2 heteroatoms. The number of hydrogen-bond donors (Lipinski definition) is 0. The van der Waals surface area contributed by atoms with Crippen LogP contribution in [0.4, 0.5) is 0 Å². The van der Waals surface area contributed by atoms with E-state index in [1.807, 2.05) is 0 Å². The van der Waals surface area contributed by atoms with E-state index in [0.29, 0.717) is 0 Å². The zero-order valence-electron chi connectivity index (χ0n) is 29.9. The Morgan fingerprint density at radius 2 is 0.855 bits per heavy atom. The van der Waals surface area contributed by atoms with Crippen LogP contribution in [0.15, 0.2) is 194 Å². The Hall–Kier alpha value is -7.16. The number of fused-ring (bicyclic) bond motifs is 14. The van der Waals surface area contributed by atoms with Gasteiger partial charge in [0.05, 0.1) is 16.8 Å². The van der Waals surface area contributed by atoms with Crippen molar-refractivity contribution < 1.29 is 0 Å². The smallest absolute Gasteiger partial charge is 0.161 e. The summed E-state index contributed by atoms with van der Waals surface area (Å²) in [7, 11) is 0. The highest BCUT2D eigenvalue weighted by Crippen LogP contribution is 2.63. The van der Waals surface area contributed by atoms with E-state index in [1.54, 1.807) is 0 Å². The molecule has 2 nitrogen and oxygen atoms in total. The molecule has 0 aliphatic heterocycles. The minimum absolute atomic E-state index is 0.433. The predicted molar refractivity (Wildman–Crippen MR) is 227 cm³/mol. The molecule has 0 unspecified atom stereocenters. The van der Waals surface area contributed by atoms with Gasteiger partial charge in [-0.25, -0.2) is 9.97 Å². The molecule has 0 radical (unpaired) electrons. The van der Waals surface area contributed by atoms with Crippen LogP contribution in [-0.4, -0.2) is 9.97 Å². The van der Waals surface area contributed by atoms with E-state index in [1.165, 1.54) is 71.4 Å². The summed E-state index contributed by atoms with van der Waals surface area (Å²) >= 11 is 0. The maximum Gasteiger partial charge on any atom is 0.161 e. The molecular formula is C53H32N2. The molecule has 1 spiro atoms. The third kappa shape index (κ3) is 4.19. The van der Waals surface area contributed by atoms with Crippen LogP contribution in [0.3, 0.4) is 0 Å². The Labute approximate surface area is 319 Å². The number of benzene rings is 9. The Morgan fingerprint density at radius 3 is 1.55 bits per heavy atom. The Balaban J connectivity index is 1.17. The molecule has 1 aromatic heterocycles. The van der Waals surface area contributed by atoms with Gasteiger partial charge in [-0.2, -0.15) is 0 Å². The molecule has 12 rings (SSSR count). The van der Waals surface area contributed by atoms with E-state index in [9.17, 15) is 0 Å². The minimum Gasteiger partial charge on any atom is -0.228 e. The molecule has 55 heavy (non-hydrogen) atoms. The number of aromatic nitrogens is 2. The van der Waals surface area contributed by atoms with Crippen LogP contribution in [0.2, 0.25) is 0 Å². The average molecular weight is 697 g/mol. The molecular weight excluding hydrogens is 665 g/mol. The van der Waals surface area contributed by atoms with Crippen molar-refractivity contribution in [1.29, 1.82) is 0 Å². The molecule has 0 bridgehead atoms. The van der Waals surface area contributed by atoms with Crippen molar-refractivity contribution in [1.82, 2.24) is 9.97 Å². The summed E-state index contributed by atoms with van der Waals surface area (Å²) in [5, 5.41) is 7.07. The molecule has 0 saturated carbocycles. The molecule has 0 N–H and O–H groups in total. The molecule has 0 saturated heterocycles. The van der Waals surface area contributed by atoms with Gasteiger partial charge in [0.25, 0.3) is 0 Å². The van der Waals surface area contributed by atoms with E-state index in [-0.39, 0.29) is 0 Å². The topological polar surface area (TPSA) is 25.8 Å². The number of rotatable bonds is 3. The molecule has 2 aliphatic rings. The summed E-state index contributed by atoms with van der Waals surface area (Å²) in [5.41, 5.74) is 15.0. The Morgan fingerprint density at radius 1 is 0.327 bits per heavy atom. The summed E-state index contributed by atoms with van der Waals surface area (Å²) < 4.78 is 0. The molecule has 2 aliphatic carbocycles. The van der Waals surface area contributed by atoms with Gasteiger partial charge < -0.3 is 0 Å². The summed E-state index contributed by atoms with van der Waals surface area (Å²) in [6.07, 6.45) is 0. The summed E-state index contributed by atoms with van der Waals surface area (Å²) in [6, 6.07) is 70.7. The van der Waals surface area contributed by atoms with E-state index < -0.39 is 5.41 Å². The quantitative estimate of drug-likeness (QED) is 0.136. The lowest BCUT2D eigenvalue weighted by Gasteiger charge is -2.30. The zero-order valence-corrected chi connectivity index (χ0v) is 29.9. The van der Waals surface area contributed by atoms with Crippen LogP contribution >= 0.6 is 0 Å². The monoisotopic (exact) mass is 696 g/mol. The average Bonchev–Trinajstić information content (AvgIpc) is 3.73. The Bertz CT molecular complexity index is 3150. The molecule has 254 valence electrons. The van der Waals surface area contributed by atoms with Crippen LogP contribution in [-0.2, 0) is 5.41 Å². The lowest BCUT2D eigenvalue weighted by molar-refractivity contribution is 0.794. The molecule has 0 atom stereocenters. The van der Waals surface area contributed by atoms with Gasteiger partial charge in [0.1, 0.15) is 0 Å². The fourth-order valence-electron chi connectivity index (χ4n) is 9.79. The fourth-order valence-corrected chi connectivity index (χ4v) is 9.79. The predicted octanol–water partition coefficient (Wildman–Crippen LogP) is 13.3. The Kier molecular flexibility index (Phi) is 6.29. The van der Waals surface area contributed by atoms with Crippen LogP contribution < -0.4 is 0 Å². The van der Waals surface area contributed by atoms with Crippen molar-refractivity contribution in [3.05, 3.63) is 216 Å². The van der Waals surface area contributed by atoms with Crippen molar-refractivity contribution in [2.24, 2.45) is 0 Å². The molecule has 0 amide bonds. The van der Waals surface area contributed by atoms with Gasteiger partial charge in [-0.1, -0.05) is 176 Å². The second-order valence-corrected chi connectivity index (χ2v) is 14.8. The van der Waals surface area contributed by atoms with Gasteiger partial charge >= 0.3 is 0 Å². The summed E-state index contributed by atoms with van der Waals surface area (Å²) in [5.74, 6) is 0.726. The van der Waals surface area contributed by atoms with E-state index in [0.717, 1.165) is 39.3 Å². The molecule has 1 heterocycles. The van der Waals surface area contributed by atoms with E-state index in [2.05, 4.69) is 194 Å². The SMILES string of the molecule is c1ccc(-c2cc(-c3ccc4c(c3)C3(c5ccccc5-c5ccccc53)c3ccccc3-4)nc(-c3c4ccccc4cc4ccc5ccccc5c34)n2)cc1. The first kappa shape index (κ1) is 30.3. The van der Waals surface area contributed by atoms with Crippen molar-refractivity contribution in [3.63, 3.8) is 0 Å². The first-order chi connectivity index (χ1) is 27.3. The lowest BCUT2D eigenvalue weighted by Crippen LogP contribution is -2.25. The van der Waals surface area contributed by atoms with E-state index >= 15 is 0 Å². The highest BCUT2D eigenvalue weighted by atomic mass is 14.9. The lowest BCUT2D eigenvalue weighted by atomic mass is 9.70. The first-order valence-corrected chi connectivity index (χ1v) is 19.0. The first-order valence-electron chi connectivity index (χ1n) is 19.0. The largest absolute Gasteiger partial charge is 0.228 e. The van der Waals surface area contributed by atoms with Crippen LogP contribution in [0.1, 0.15) is 22.3 Å². The minimum atomic E-state index is -0.433. The van der Waals surface area contributed by atoms with Crippen molar-refractivity contribution in [2.75, 3.05) is 0 Å². The molecule has 9 aromatic carbocycles. The van der Waals surface area contributed by atoms with Crippen LogP contribution in [0.25, 0.3) is 88.5 Å². The number of nitrogens with zero attached hydrogens (tertiary/aromatic N) is 2. The van der Waals surface area contributed by atoms with Crippen LogP contribution in [0, 0.1) is 0 Å². The van der Waals surface area contributed by atoms with Crippen molar-refractivity contribution in [3.8, 4) is 56.2 Å². The van der Waals surface area contributed by atoms with Crippen LogP contribution in [0.5, 0.6) is 0 Å². The maximum absolute atomic E-state index is 5.57. The van der Waals surface area contributed by atoms with Crippen molar-refractivity contribution >= 4 is 32.3 Å². The highest BCUT2D eigenvalue weighted by Gasteiger charge is 2.51. The summed E-state index contributed by atoms with van der Waals surface area (Å²) in [6.45, 7) is 0. The maximum atomic E-state index is 5.57. The molecule has 10 aromatic rings. The normalized spacial score (nSPS) is 13.2. The van der Waals surface area contributed by atoms with Gasteiger partial charge in [-0.3, -0.25) is 0 Å². The highest BCUT2D eigenvalue weighted by molar-refractivity contribution is 6.21. The van der Waals surface area contributed by atoms with Gasteiger partial charge in [-0.15, -0.1) is 0 Å². The number of hydrogen-bond acceptors (Lipinski definition) is 2. The standard InChI is InChI=1S/C53H32N2/c1-2-15-34(16-3-1)48-32-49(55-52(54-48)51-39-19-7-5-17-35(39)30-37-27-26-33-14-4-6-18-38(33)50(37)51)36-28-29-43-42-22-10-13-25-46(42)53(47(43)31-36)44-23-11-8-20-40(44)41-21-9-12-24-45(41)53/h1-32H. The second kappa shape index (κ2) is 11.4. The third-order valence-electron chi connectivity index (χ3n) is 12.1. The summed E-state index contributed by atoms with van der Waals surface area (Å²) in [4.78, 5) is 11.0. The van der Waals surface area contributed by atoms with Gasteiger partial charge in [0, 0.05) is 22.1 Å². The van der Waals surface area contributed by atoms with E-state index in [4.69, 9.17) is 9.97 Å². The fraction of sp³-hybridized carbons (Fsp3) is 0.0189. The third-order valence-corrected chi connectivity index (χ3v) is 12.1. The second-order valence-electron chi connectivity index (χ2n) is 14.8. The van der Waals surface area contributed by atoms with Gasteiger partial charge in [0.15, 0.2) is 5.82 Å². The zero-order chi connectivity index (χ0) is 36.1. The van der Waals surface area contributed by atoms with Gasteiger partial charge in [0.2, 0.25) is 0 Å². The van der Waals surface area contributed by atoms with Crippen molar-refractivity contribution in [2.45, 2.75) is 5.41 Å².